The highest BCUT2D eigenvalue weighted by molar-refractivity contribution is 5.28. The van der Waals surface area contributed by atoms with E-state index in [1.807, 2.05) is 0 Å². The van der Waals surface area contributed by atoms with Crippen LogP contribution in [0.1, 0.15) is 51.5 Å². The molecule has 1 atom stereocenters. The SMILES string of the molecule is CCNC(Cc1ccc(OC)cc1)C1(CC)CCCC1. The second-order valence-corrected chi connectivity index (χ2v) is 6.09. The van der Waals surface area contributed by atoms with Crippen molar-refractivity contribution < 1.29 is 4.74 Å². The number of hydrogen-bond donors (Lipinski definition) is 1. The fourth-order valence-corrected chi connectivity index (χ4v) is 3.78. The average molecular weight is 275 g/mol. The predicted molar refractivity (Wildman–Crippen MR) is 85.4 cm³/mol. The highest BCUT2D eigenvalue weighted by atomic mass is 16.5. The normalized spacial score (nSPS) is 18.9. The van der Waals surface area contributed by atoms with Gasteiger partial charge in [0.2, 0.25) is 0 Å². The summed E-state index contributed by atoms with van der Waals surface area (Å²) in [7, 11) is 1.72. The van der Waals surface area contributed by atoms with E-state index in [2.05, 4.69) is 43.4 Å². The predicted octanol–water partition coefficient (Wildman–Crippen LogP) is 4.19. The summed E-state index contributed by atoms with van der Waals surface area (Å²) in [5.74, 6) is 0.944. The van der Waals surface area contributed by atoms with E-state index >= 15 is 0 Å². The van der Waals surface area contributed by atoms with E-state index in [0.29, 0.717) is 11.5 Å². The van der Waals surface area contributed by atoms with Crippen molar-refractivity contribution in [3.8, 4) is 5.75 Å². The molecule has 1 saturated carbocycles. The Bertz CT molecular complexity index is 392. The standard InChI is InChI=1S/C18H29NO/c1-4-18(12-6-7-13-18)17(19-5-2)14-15-8-10-16(20-3)11-9-15/h8-11,17,19H,4-7,12-14H2,1-3H3. The maximum absolute atomic E-state index is 5.25. The smallest absolute Gasteiger partial charge is 0.118 e. The molecule has 20 heavy (non-hydrogen) atoms. The van der Waals surface area contributed by atoms with Gasteiger partial charge in [-0.3, -0.25) is 0 Å². The van der Waals surface area contributed by atoms with Crippen LogP contribution in [0.4, 0.5) is 0 Å². The van der Waals surface area contributed by atoms with Gasteiger partial charge in [0.15, 0.2) is 0 Å². The highest BCUT2D eigenvalue weighted by Crippen LogP contribution is 2.44. The number of rotatable bonds is 7. The molecule has 0 spiro atoms. The monoisotopic (exact) mass is 275 g/mol. The van der Waals surface area contributed by atoms with E-state index in [-0.39, 0.29) is 0 Å². The molecule has 1 aromatic rings. The van der Waals surface area contributed by atoms with Gasteiger partial charge in [-0.05, 0) is 55.3 Å². The molecular weight excluding hydrogens is 246 g/mol. The summed E-state index contributed by atoms with van der Waals surface area (Å²) in [6.45, 7) is 5.64. The van der Waals surface area contributed by atoms with Crippen molar-refractivity contribution in [2.24, 2.45) is 5.41 Å². The van der Waals surface area contributed by atoms with E-state index in [1.54, 1.807) is 7.11 Å². The molecule has 0 radical (unpaired) electrons. The van der Waals surface area contributed by atoms with Crippen molar-refractivity contribution in [2.45, 2.75) is 58.4 Å². The zero-order valence-corrected chi connectivity index (χ0v) is 13.2. The van der Waals surface area contributed by atoms with Crippen LogP contribution in [-0.2, 0) is 6.42 Å². The summed E-state index contributed by atoms with van der Waals surface area (Å²) in [5, 5.41) is 3.76. The number of methoxy groups -OCH3 is 1. The molecule has 0 bridgehead atoms. The average Bonchev–Trinajstić information content (AvgIpc) is 2.98. The van der Waals surface area contributed by atoms with Gasteiger partial charge in [-0.25, -0.2) is 0 Å². The van der Waals surface area contributed by atoms with Gasteiger partial charge in [0.05, 0.1) is 7.11 Å². The minimum atomic E-state index is 0.510. The molecule has 0 heterocycles. The van der Waals surface area contributed by atoms with Crippen molar-refractivity contribution in [3.05, 3.63) is 29.8 Å². The number of ether oxygens (including phenoxy) is 1. The fourth-order valence-electron chi connectivity index (χ4n) is 3.78. The van der Waals surface area contributed by atoms with Crippen LogP contribution in [0.25, 0.3) is 0 Å². The van der Waals surface area contributed by atoms with Crippen LogP contribution in [0.5, 0.6) is 5.75 Å². The molecule has 1 fully saturated rings. The third-order valence-corrected chi connectivity index (χ3v) is 5.09. The summed E-state index contributed by atoms with van der Waals surface area (Å²) in [5.41, 5.74) is 1.92. The lowest BCUT2D eigenvalue weighted by Gasteiger charge is -2.38. The summed E-state index contributed by atoms with van der Waals surface area (Å²) in [6, 6.07) is 9.17. The maximum atomic E-state index is 5.25. The Balaban J connectivity index is 2.11. The van der Waals surface area contributed by atoms with Crippen LogP contribution < -0.4 is 10.1 Å². The van der Waals surface area contributed by atoms with Gasteiger partial charge >= 0.3 is 0 Å². The van der Waals surface area contributed by atoms with Crippen LogP contribution in [0.3, 0.4) is 0 Å². The second-order valence-electron chi connectivity index (χ2n) is 6.09. The fraction of sp³-hybridized carbons (Fsp3) is 0.667. The largest absolute Gasteiger partial charge is 0.497 e. The van der Waals surface area contributed by atoms with Crippen molar-refractivity contribution in [3.63, 3.8) is 0 Å². The van der Waals surface area contributed by atoms with E-state index in [1.165, 1.54) is 37.7 Å². The Kier molecular flexibility index (Phi) is 5.47. The third kappa shape index (κ3) is 3.35. The Morgan fingerprint density at radius 3 is 2.30 bits per heavy atom. The Hall–Kier alpha value is -1.02. The third-order valence-electron chi connectivity index (χ3n) is 5.09. The molecule has 0 saturated heterocycles. The summed E-state index contributed by atoms with van der Waals surface area (Å²) in [6.07, 6.45) is 8.00. The number of nitrogens with one attached hydrogen (secondary N) is 1. The zero-order valence-electron chi connectivity index (χ0n) is 13.2. The molecule has 2 nitrogen and oxygen atoms in total. The van der Waals surface area contributed by atoms with Gasteiger partial charge in [-0.2, -0.15) is 0 Å². The van der Waals surface area contributed by atoms with Gasteiger partial charge in [-0.15, -0.1) is 0 Å². The molecule has 1 N–H and O–H groups in total. The highest BCUT2D eigenvalue weighted by Gasteiger charge is 2.39. The van der Waals surface area contributed by atoms with Gasteiger partial charge in [0.25, 0.3) is 0 Å². The lowest BCUT2D eigenvalue weighted by molar-refractivity contribution is 0.186. The molecule has 1 aromatic carbocycles. The molecule has 2 rings (SSSR count). The molecule has 0 amide bonds. The molecule has 1 aliphatic rings. The molecule has 2 heteroatoms. The summed E-state index contributed by atoms with van der Waals surface area (Å²) in [4.78, 5) is 0. The maximum Gasteiger partial charge on any atom is 0.118 e. The molecule has 0 aromatic heterocycles. The topological polar surface area (TPSA) is 21.3 Å². The quantitative estimate of drug-likeness (QED) is 0.806. The van der Waals surface area contributed by atoms with Crippen molar-refractivity contribution in [1.29, 1.82) is 0 Å². The van der Waals surface area contributed by atoms with Crippen molar-refractivity contribution >= 4 is 0 Å². The minimum absolute atomic E-state index is 0.510. The lowest BCUT2D eigenvalue weighted by Crippen LogP contribution is -2.45. The van der Waals surface area contributed by atoms with E-state index in [0.717, 1.165) is 18.7 Å². The van der Waals surface area contributed by atoms with Crippen LogP contribution >= 0.6 is 0 Å². The van der Waals surface area contributed by atoms with Gasteiger partial charge in [-0.1, -0.05) is 38.8 Å². The van der Waals surface area contributed by atoms with Gasteiger partial charge in [0.1, 0.15) is 5.75 Å². The first kappa shape index (κ1) is 15.4. The second kappa shape index (κ2) is 7.12. The van der Waals surface area contributed by atoms with Crippen molar-refractivity contribution in [1.82, 2.24) is 5.32 Å². The molecule has 0 aliphatic heterocycles. The molecule has 112 valence electrons. The van der Waals surface area contributed by atoms with Crippen LogP contribution in [0.15, 0.2) is 24.3 Å². The van der Waals surface area contributed by atoms with Gasteiger partial charge in [0, 0.05) is 6.04 Å². The van der Waals surface area contributed by atoms with Crippen LogP contribution in [0.2, 0.25) is 0 Å². The van der Waals surface area contributed by atoms with Crippen molar-refractivity contribution in [2.75, 3.05) is 13.7 Å². The van der Waals surface area contributed by atoms with Crippen LogP contribution in [-0.4, -0.2) is 19.7 Å². The number of likely N-dealkylation sites (N-methyl/N-ethyl adjacent to an activating group) is 1. The first-order chi connectivity index (χ1) is 9.74. The molecular formula is C18H29NO. The van der Waals surface area contributed by atoms with E-state index in [9.17, 15) is 0 Å². The lowest BCUT2D eigenvalue weighted by atomic mass is 9.74. The Morgan fingerprint density at radius 1 is 1.15 bits per heavy atom. The van der Waals surface area contributed by atoms with Gasteiger partial charge < -0.3 is 10.1 Å². The number of benzene rings is 1. The summed E-state index contributed by atoms with van der Waals surface area (Å²) < 4.78 is 5.25. The number of hydrogen-bond acceptors (Lipinski definition) is 2. The van der Waals surface area contributed by atoms with E-state index in [4.69, 9.17) is 4.74 Å². The molecule has 1 aliphatic carbocycles. The first-order valence-electron chi connectivity index (χ1n) is 8.10. The summed E-state index contributed by atoms with van der Waals surface area (Å²) >= 11 is 0. The Labute approximate surface area is 123 Å². The van der Waals surface area contributed by atoms with Crippen LogP contribution in [0, 0.1) is 5.41 Å². The first-order valence-corrected chi connectivity index (χ1v) is 8.10. The minimum Gasteiger partial charge on any atom is -0.497 e. The molecule has 1 unspecified atom stereocenters. The Morgan fingerprint density at radius 2 is 1.80 bits per heavy atom. The van der Waals surface area contributed by atoms with E-state index < -0.39 is 0 Å². The zero-order chi connectivity index (χ0) is 14.4.